The summed E-state index contributed by atoms with van der Waals surface area (Å²) in [6.45, 7) is 2.80. The second-order valence-corrected chi connectivity index (χ2v) is 7.72. The van der Waals surface area contributed by atoms with E-state index in [1.54, 1.807) is 12.3 Å². The number of rotatable bonds is 4. The fourth-order valence-corrected chi connectivity index (χ4v) is 3.71. The van der Waals surface area contributed by atoms with Crippen molar-refractivity contribution >= 4 is 11.9 Å². The third kappa shape index (κ3) is 6.22. The Hall–Kier alpha value is -3.08. The molecule has 2 fully saturated rings. The van der Waals surface area contributed by atoms with Crippen LogP contribution in [0.3, 0.4) is 0 Å². The lowest BCUT2D eigenvalue weighted by Gasteiger charge is -2.38. The monoisotopic (exact) mass is 456 g/mol. The molecule has 1 N–H and O–H groups in total. The summed E-state index contributed by atoms with van der Waals surface area (Å²) < 4.78 is 48.4. The average molecular weight is 456 g/mol. The molecule has 2 aliphatic rings. The van der Waals surface area contributed by atoms with Gasteiger partial charge in [0.05, 0.1) is 24.5 Å². The molecule has 4 rings (SSSR count). The lowest BCUT2D eigenvalue weighted by molar-refractivity contribution is -0.192. The fraction of sp³-hybridized carbons (Fsp3) is 0.476. The third-order valence-electron chi connectivity index (χ3n) is 5.46. The van der Waals surface area contributed by atoms with Gasteiger partial charge < -0.3 is 23.9 Å². The van der Waals surface area contributed by atoms with Crippen molar-refractivity contribution in [1.29, 1.82) is 0 Å². The van der Waals surface area contributed by atoms with Crippen molar-refractivity contribution < 1.29 is 41.8 Å². The molecule has 2 aromatic rings. The van der Waals surface area contributed by atoms with E-state index < -0.39 is 12.1 Å². The van der Waals surface area contributed by atoms with E-state index in [0.717, 1.165) is 39.0 Å². The Kier molecular flexibility index (Phi) is 7.39. The number of amides is 1. The zero-order valence-corrected chi connectivity index (χ0v) is 17.1. The van der Waals surface area contributed by atoms with Crippen molar-refractivity contribution in [2.75, 3.05) is 26.3 Å². The number of likely N-dealkylation sites (tertiary alicyclic amines) is 1. The van der Waals surface area contributed by atoms with Crippen LogP contribution in [-0.2, 0) is 9.53 Å². The molecule has 0 aromatic carbocycles. The average Bonchev–Trinajstić information content (AvgIpc) is 3.44. The van der Waals surface area contributed by atoms with Crippen molar-refractivity contribution in [2.45, 2.75) is 31.5 Å². The van der Waals surface area contributed by atoms with E-state index in [2.05, 4.69) is 4.98 Å². The van der Waals surface area contributed by atoms with Gasteiger partial charge in [-0.3, -0.25) is 4.79 Å². The van der Waals surface area contributed by atoms with Gasteiger partial charge in [0.15, 0.2) is 0 Å². The number of alkyl halides is 3. The Morgan fingerprint density at radius 2 is 1.97 bits per heavy atom. The maximum absolute atomic E-state index is 12.4. The van der Waals surface area contributed by atoms with Crippen molar-refractivity contribution in [3.8, 4) is 5.88 Å². The molecule has 1 unspecified atom stereocenters. The summed E-state index contributed by atoms with van der Waals surface area (Å²) in [6.07, 6.45) is 2.70. The number of nitrogens with zero attached hydrogens (tertiary/aromatic N) is 2. The number of piperidine rings is 1. The molecule has 1 amide bonds. The minimum Gasteiger partial charge on any atom is -0.475 e. The first-order valence-corrected chi connectivity index (χ1v) is 9.96. The molecule has 1 spiro atoms. The molecule has 4 heterocycles. The Bertz CT molecular complexity index is 881. The first-order chi connectivity index (χ1) is 15.2. The van der Waals surface area contributed by atoms with Gasteiger partial charge in [-0.05, 0) is 36.8 Å². The first-order valence-electron chi connectivity index (χ1n) is 9.96. The molecule has 0 radical (unpaired) electrons. The number of aliphatic carboxylic acids is 1. The van der Waals surface area contributed by atoms with Crippen LogP contribution in [0.15, 0.2) is 47.4 Å². The van der Waals surface area contributed by atoms with Crippen molar-refractivity contribution in [2.24, 2.45) is 5.41 Å². The molecule has 2 saturated heterocycles. The summed E-state index contributed by atoms with van der Waals surface area (Å²) in [6, 6.07) is 7.35. The molecular weight excluding hydrogens is 433 g/mol. The first kappa shape index (κ1) is 23.6. The van der Waals surface area contributed by atoms with Crippen LogP contribution in [0.1, 0.15) is 29.6 Å². The number of carbonyl (C=O) groups is 2. The van der Waals surface area contributed by atoms with Gasteiger partial charge in [-0.25, -0.2) is 9.78 Å². The van der Waals surface area contributed by atoms with Gasteiger partial charge in [-0.1, -0.05) is 6.07 Å². The highest BCUT2D eigenvalue weighted by Crippen LogP contribution is 2.42. The lowest BCUT2D eigenvalue weighted by Crippen LogP contribution is -2.43. The number of hydrogen-bond donors (Lipinski definition) is 1. The Morgan fingerprint density at radius 3 is 2.53 bits per heavy atom. The predicted molar refractivity (Wildman–Crippen MR) is 104 cm³/mol. The zero-order chi connectivity index (χ0) is 23.2. The molecule has 0 aliphatic carbocycles. The molecule has 0 bridgehead atoms. The summed E-state index contributed by atoms with van der Waals surface area (Å²) >= 11 is 0. The van der Waals surface area contributed by atoms with Crippen LogP contribution in [0.4, 0.5) is 13.2 Å². The van der Waals surface area contributed by atoms with Crippen molar-refractivity contribution in [3.05, 3.63) is 48.6 Å². The molecule has 32 heavy (non-hydrogen) atoms. The Morgan fingerprint density at radius 1 is 1.25 bits per heavy atom. The van der Waals surface area contributed by atoms with Crippen LogP contribution in [0.5, 0.6) is 5.88 Å². The highest BCUT2D eigenvalue weighted by atomic mass is 19.4. The predicted octanol–water partition coefficient (Wildman–Crippen LogP) is 3.40. The normalized spacial score (nSPS) is 19.8. The molecule has 2 aromatic heterocycles. The number of carboxylic acids is 1. The number of aromatic nitrogens is 1. The van der Waals surface area contributed by atoms with Crippen LogP contribution in [-0.4, -0.2) is 65.5 Å². The number of furan rings is 1. The van der Waals surface area contributed by atoms with Crippen LogP contribution in [0.25, 0.3) is 0 Å². The Balaban J connectivity index is 0.000000360. The quantitative estimate of drug-likeness (QED) is 0.752. The summed E-state index contributed by atoms with van der Waals surface area (Å²) in [7, 11) is 0. The van der Waals surface area contributed by atoms with Gasteiger partial charge in [-0.2, -0.15) is 13.2 Å². The van der Waals surface area contributed by atoms with Gasteiger partial charge in [0.2, 0.25) is 5.88 Å². The number of carboxylic acid groups (broad SMARTS) is 1. The number of halogens is 3. The van der Waals surface area contributed by atoms with Gasteiger partial charge in [0.25, 0.3) is 5.91 Å². The number of pyridine rings is 1. The van der Waals surface area contributed by atoms with Crippen molar-refractivity contribution in [3.63, 3.8) is 0 Å². The lowest BCUT2D eigenvalue weighted by atomic mass is 9.76. The molecule has 0 saturated carbocycles. The summed E-state index contributed by atoms with van der Waals surface area (Å²) in [5.41, 5.74) is 0.797. The van der Waals surface area contributed by atoms with Crippen LogP contribution >= 0.6 is 0 Å². The third-order valence-corrected chi connectivity index (χ3v) is 5.46. The molecule has 1 atom stereocenters. The summed E-state index contributed by atoms with van der Waals surface area (Å²) in [4.78, 5) is 27.4. The molecule has 8 nitrogen and oxygen atoms in total. The van der Waals surface area contributed by atoms with Gasteiger partial charge >= 0.3 is 12.1 Å². The number of hydrogen-bond acceptors (Lipinski definition) is 6. The maximum Gasteiger partial charge on any atom is 0.490 e. The fourth-order valence-electron chi connectivity index (χ4n) is 3.71. The summed E-state index contributed by atoms with van der Waals surface area (Å²) in [5.74, 6) is -2.07. The number of ether oxygens (including phenoxy) is 2. The second kappa shape index (κ2) is 10.0. The second-order valence-electron chi connectivity index (χ2n) is 7.72. The maximum atomic E-state index is 12.4. The highest BCUT2D eigenvalue weighted by Gasteiger charge is 2.43. The van der Waals surface area contributed by atoms with E-state index in [-0.39, 0.29) is 17.4 Å². The topological polar surface area (TPSA) is 102 Å². The minimum absolute atomic E-state index is 0.0533. The Labute approximate surface area is 181 Å². The minimum atomic E-state index is -5.08. The highest BCUT2D eigenvalue weighted by molar-refractivity contribution is 5.93. The van der Waals surface area contributed by atoms with E-state index in [1.807, 2.05) is 23.1 Å². The SMILES string of the molecule is O=C(O)C(F)(F)F.O=C(c1ccoc1)N1CCC2(CC1)COC(COc1ccccn1)C2. The van der Waals surface area contributed by atoms with E-state index in [9.17, 15) is 18.0 Å². The van der Waals surface area contributed by atoms with Gasteiger partial charge in [0.1, 0.15) is 12.9 Å². The largest absolute Gasteiger partial charge is 0.490 e. The van der Waals surface area contributed by atoms with Crippen LogP contribution in [0.2, 0.25) is 0 Å². The van der Waals surface area contributed by atoms with Gasteiger partial charge in [-0.15, -0.1) is 0 Å². The zero-order valence-electron chi connectivity index (χ0n) is 17.1. The summed E-state index contributed by atoms with van der Waals surface area (Å²) in [5, 5.41) is 7.12. The van der Waals surface area contributed by atoms with E-state index in [4.69, 9.17) is 23.8 Å². The molecular formula is C21H23F3N2O6. The smallest absolute Gasteiger partial charge is 0.475 e. The molecule has 2 aliphatic heterocycles. The van der Waals surface area contributed by atoms with Gasteiger partial charge in [0, 0.05) is 25.4 Å². The number of carbonyl (C=O) groups excluding carboxylic acids is 1. The molecule has 11 heteroatoms. The van der Waals surface area contributed by atoms with Crippen LogP contribution in [0, 0.1) is 5.41 Å². The van der Waals surface area contributed by atoms with E-state index >= 15 is 0 Å². The van der Waals surface area contributed by atoms with Crippen molar-refractivity contribution in [1.82, 2.24) is 9.88 Å². The van der Waals surface area contributed by atoms with E-state index in [1.165, 1.54) is 12.5 Å². The molecule has 174 valence electrons. The van der Waals surface area contributed by atoms with E-state index in [0.29, 0.717) is 18.1 Å². The van der Waals surface area contributed by atoms with Crippen LogP contribution < -0.4 is 4.74 Å². The standard InChI is InChI=1S/C19H22N2O4.C2HF3O2/c22-18(15-4-10-23-12-15)21-8-5-19(6-9-21)11-16(25-14-19)13-24-17-3-1-2-7-20-17;3-2(4,5)1(6)7/h1-4,7,10,12,16H,5-6,8-9,11,13-14H2;(H,6,7).